The number of aromatic nitrogens is 3. The van der Waals surface area contributed by atoms with Gasteiger partial charge in [-0.2, -0.15) is 0 Å². The quantitative estimate of drug-likeness (QED) is 0.203. The van der Waals surface area contributed by atoms with Gasteiger partial charge in [0.2, 0.25) is 5.43 Å². The van der Waals surface area contributed by atoms with E-state index in [0.717, 1.165) is 6.07 Å². The lowest BCUT2D eigenvalue weighted by atomic mass is 10.0. The largest absolute Gasteiger partial charge is 0.477 e. The first-order valence-corrected chi connectivity index (χ1v) is 12.7. The number of anilines is 1. The molecule has 38 heavy (non-hydrogen) atoms. The standard InChI is InChI=1S/C26H19FN4O6S/c27-18-10-16-23-25(21(18)29-6-3-8-30-9-7-28-13-30)37-19-11-20(38(35)36)14-4-1-2-5-15(14)22(19)31(23)12-17(24(16)32)26(33)34/h1-2,4-5,7,9-13,29H,3,6,8H2,(H,33,34)(H,35,36). The van der Waals surface area contributed by atoms with Crippen molar-refractivity contribution in [2.24, 2.45) is 0 Å². The molecular formula is C26H19FN4O6S. The van der Waals surface area contributed by atoms with Gasteiger partial charge >= 0.3 is 5.97 Å². The summed E-state index contributed by atoms with van der Waals surface area (Å²) >= 11 is -2.37. The van der Waals surface area contributed by atoms with Crippen LogP contribution < -0.4 is 15.5 Å². The normalized spacial score (nSPS) is 12.8. The highest BCUT2D eigenvalue weighted by atomic mass is 32.2. The van der Waals surface area contributed by atoms with Crippen LogP contribution in [-0.4, -0.2) is 40.5 Å². The van der Waals surface area contributed by atoms with Gasteiger partial charge in [0.1, 0.15) is 16.8 Å². The predicted molar refractivity (Wildman–Crippen MR) is 138 cm³/mol. The Morgan fingerprint density at radius 2 is 1.97 bits per heavy atom. The van der Waals surface area contributed by atoms with Crippen LogP contribution in [0, 0.1) is 5.82 Å². The number of halogens is 1. The van der Waals surface area contributed by atoms with E-state index in [4.69, 9.17) is 4.74 Å². The maximum Gasteiger partial charge on any atom is 0.341 e. The first-order valence-electron chi connectivity index (χ1n) is 11.5. The number of hydrogen-bond acceptors (Lipinski definition) is 6. The van der Waals surface area contributed by atoms with Crippen molar-refractivity contribution in [1.82, 2.24) is 14.1 Å². The van der Waals surface area contributed by atoms with Gasteiger partial charge in [-0.3, -0.25) is 4.79 Å². The summed E-state index contributed by atoms with van der Waals surface area (Å²) in [5, 5.41) is 13.5. The summed E-state index contributed by atoms with van der Waals surface area (Å²) in [7, 11) is 0. The molecule has 0 saturated heterocycles. The van der Waals surface area contributed by atoms with Gasteiger partial charge in [0.25, 0.3) is 0 Å². The molecule has 3 heterocycles. The number of carbonyl (C=O) groups is 1. The van der Waals surface area contributed by atoms with Crippen LogP contribution in [0.15, 0.2) is 71.0 Å². The molecule has 1 aliphatic rings. The zero-order chi connectivity index (χ0) is 26.6. The smallest absolute Gasteiger partial charge is 0.341 e. The van der Waals surface area contributed by atoms with Crippen molar-refractivity contribution in [1.29, 1.82) is 0 Å². The average molecular weight is 535 g/mol. The lowest BCUT2D eigenvalue weighted by Crippen LogP contribution is -2.22. The highest BCUT2D eigenvalue weighted by Crippen LogP contribution is 2.48. The third-order valence-corrected chi connectivity index (χ3v) is 7.18. The van der Waals surface area contributed by atoms with E-state index < -0.39 is 33.9 Å². The monoisotopic (exact) mass is 534 g/mol. The Labute approximate surface area is 216 Å². The molecule has 10 nitrogen and oxygen atoms in total. The number of nitrogens with one attached hydrogen (secondary N) is 1. The van der Waals surface area contributed by atoms with Crippen LogP contribution in [0.25, 0.3) is 27.4 Å². The van der Waals surface area contributed by atoms with Crippen LogP contribution in [0.1, 0.15) is 16.8 Å². The zero-order valence-corrected chi connectivity index (χ0v) is 20.4. The van der Waals surface area contributed by atoms with Crippen molar-refractivity contribution in [2.75, 3.05) is 11.9 Å². The predicted octanol–water partition coefficient (Wildman–Crippen LogP) is 4.37. The number of aromatic carboxylic acids is 1. The molecule has 0 aliphatic carbocycles. The van der Waals surface area contributed by atoms with Gasteiger partial charge in [-0.05, 0) is 12.5 Å². The molecule has 192 valence electrons. The van der Waals surface area contributed by atoms with Crippen LogP contribution in [0.3, 0.4) is 0 Å². The summed E-state index contributed by atoms with van der Waals surface area (Å²) in [6.45, 7) is 0.983. The molecule has 3 aromatic carbocycles. The van der Waals surface area contributed by atoms with Crippen molar-refractivity contribution < 1.29 is 27.8 Å². The summed E-state index contributed by atoms with van der Waals surface area (Å²) in [6, 6.07) is 9.16. The molecule has 0 spiro atoms. The molecule has 2 aromatic heterocycles. The molecule has 0 amide bonds. The molecule has 0 radical (unpaired) electrons. The first-order chi connectivity index (χ1) is 18.3. The number of benzene rings is 3. The minimum Gasteiger partial charge on any atom is -0.477 e. The van der Waals surface area contributed by atoms with Crippen molar-refractivity contribution in [2.45, 2.75) is 17.9 Å². The number of pyridine rings is 1. The number of rotatable bonds is 7. The number of carboxylic acids is 1. The molecule has 0 bridgehead atoms. The molecule has 12 heteroatoms. The topological polar surface area (TPSA) is 136 Å². The van der Waals surface area contributed by atoms with Gasteiger partial charge in [-0.1, -0.05) is 24.3 Å². The Balaban J connectivity index is 1.59. The fourth-order valence-corrected chi connectivity index (χ4v) is 5.37. The van der Waals surface area contributed by atoms with Crippen molar-refractivity contribution >= 4 is 44.4 Å². The summed E-state index contributed by atoms with van der Waals surface area (Å²) in [4.78, 5) is 29.1. The third kappa shape index (κ3) is 3.73. The Kier molecular flexibility index (Phi) is 5.69. The minimum atomic E-state index is -2.37. The van der Waals surface area contributed by atoms with Crippen LogP contribution in [-0.2, 0) is 17.6 Å². The molecule has 0 fully saturated rings. The molecule has 1 unspecified atom stereocenters. The first kappa shape index (κ1) is 23.8. The van der Waals surface area contributed by atoms with E-state index in [1.54, 1.807) is 36.8 Å². The van der Waals surface area contributed by atoms with Crippen molar-refractivity contribution in [3.63, 3.8) is 0 Å². The Morgan fingerprint density at radius 3 is 2.68 bits per heavy atom. The highest BCUT2D eigenvalue weighted by molar-refractivity contribution is 7.79. The molecular weight excluding hydrogens is 515 g/mol. The van der Waals surface area contributed by atoms with E-state index in [0.29, 0.717) is 36.0 Å². The van der Waals surface area contributed by atoms with E-state index in [1.807, 2.05) is 10.8 Å². The zero-order valence-electron chi connectivity index (χ0n) is 19.6. The SMILES string of the molecule is O=C(O)c1cn2c3c(c(NCCCn4ccnc4)c(F)cc3c1=O)Oc1cc(S(=O)O)c3ccccc3c1-2. The maximum atomic E-state index is 15.4. The minimum absolute atomic E-state index is 0.00941. The molecule has 1 aliphatic heterocycles. The van der Waals surface area contributed by atoms with Crippen LogP contribution in [0.2, 0.25) is 0 Å². The number of hydrogen-bond donors (Lipinski definition) is 3. The number of nitrogens with zero attached hydrogens (tertiary/aromatic N) is 3. The lowest BCUT2D eigenvalue weighted by Gasteiger charge is -2.27. The van der Waals surface area contributed by atoms with Gasteiger partial charge in [0.15, 0.2) is 28.4 Å². The van der Waals surface area contributed by atoms with Crippen LogP contribution >= 0.6 is 0 Å². The fraction of sp³-hybridized carbons (Fsp3) is 0.115. The second kappa shape index (κ2) is 9.08. The number of aryl methyl sites for hydroxylation is 1. The lowest BCUT2D eigenvalue weighted by molar-refractivity contribution is 0.0695. The maximum absolute atomic E-state index is 15.4. The highest BCUT2D eigenvalue weighted by Gasteiger charge is 2.30. The molecule has 5 aromatic rings. The van der Waals surface area contributed by atoms with E-state index in [9.17, 15) is 23.5 Å². The van der Waals surface area contributed by atoms with Crippen molar-refractivity contribution in [3.05, 3.63) is 82.9 Å². The van der Waals surface area contributed by atoms with Gasteiger partial charge in [-0.15, -0.1) is 0 Å². The van der Waals surface area contributed by atoms with E-state index in [1.165, 1.54) is 16.8 Å². The molecule has 0 saturated carbocycles. The molecule has 6 rings (SSSR count). The summed E-state index contributed by atoms with van der Waals surface area (Å²) < 4.78 is 47.1. The van der Waals surface area contributed by atoms with Crippen LogP contribution in [0.5, 0.6) is 11.5 Å². The number of carboxylic acid groups (broad SMARTS) is 1. The number of imidazole rings is 1. The summed E-state index contributed by atoms with van der Waals surface area (Å²) in [5.41, 5.74) is -0.845. The number of ether oxygens (including phenoxy) is 1. The van der Waals surface area contributed by atoms with E-state index in [2.05, 4.69) is 10.3 Å². The van der Waals surface area contributed by atoms with E-state index >= 15 is 4.39 Å². The summed E-state index contributed by atoms with van der Waals surface area (Å²) in [6.07, 6.45) is 6.94. The van der Waals surface area contributed by atoms with E-state index in [-0.39, 0.29) is 33.0 Å². The van der Waals surface area contributed by atoms with Crippen LogP contribution in [0.4, 0.5) is 10.1 Å². The second-order valence-corrected chi connectivity index (χ2v) is 9.64. The molecule has 3 N–H and O–H groups in total. The third-order valence-electron chi connectivity index (χ3n) is 6.46. The molecule has 1 atom stereocenters. The number of fused-ring (bicyclic) bond motifs is 4. The Hall–Kier alpha value is -4.55. The second-order valence-electron chi connectivity index (χ2n) is 8.70. The van der Waals surface area contributed by atoms with Crippen molar-refractivity contribution in [3.8, 4) is 17.2 Å². The fourth-order valence-electron chi connectivity index (χ4n) is 4.80. The summed E-state index contributed by atoms with van der Waals surface area (Å²) in [5.74, 6) is -2.16. The van der Waals surface area contributed by atoms with Gasteiger partial charge < -0.3 is 28.8 Å². The van der Waals surface area contributed by atoms with Gasteiger partial charge in [-0.25, -0.2) is 18.4 Å². The van der Waals surface area contributed by atoms with Gasteiger partial charge in [0, 0.05) is 48.5 Å². The van der Waals surface area contributed by atoms with Gasteiger partial charge in [0.05, 0.1) is 22.3 Å². The Morgan fingerprint density at radius 1 is 1.18 bits per heavy atom. The average Bonchev–Trinajstić information content (AvgIpc) is 3.42. The Bertz CT molecular complexity index is 1850.